The molecule has 1 aromatic rings. The Bertz CT molecular complexity index is 388. The molecule has 0 aliphatic rings. The van der Waals surface area contributed by atoms with Crippen LogP contribution in [-0.4, -0.2) is 38.3 Å². The summed E-state index contributed by atoms with van der Waals surface area (Å²) in [6, 6.07) is 11.7. The summed E-state index contributed by atoms with van der Waals surface area (Å²) in [5.74, 6) is 0. The van der Waals surface area contributed by atoms with Crippen molar-refractivity contribution in [3.8, 4) is 6.07 Å². The summed E-state index contributed by atoms with van der Waals surface area (Å²) in [7, 11) is 1.95. The molecule has 0 spiro atoms. The quantitative estimate of drug-likeness (QED) is 0.738. The molecule has 0 fully saturated rings. The first-order valence-corrected chi connectivity index (χ1v) is 6.14. The zero-order valence-electron chi connectivity index (χ0n) is 11.1. The van der Waals surface area contributed by atoms with Gasteiger partial charge in [-0.2, -0.15) is 5.26 Å². The minimum absolute atomic E-state index is 0.487. The van der Waals surface area contributed by atoms with E-state index in [-0.39, 0.29) is 0 Å². The third-order valence-electron chi connectivity index (χ3n) is 2.83. The molecule has 0 saturated heterocycles. The Labute approximate surface area is 109 Å². The van der Waals surface area contributed by atoms with E-state index in [0.29, 0.717) is 19.8 Å². The Morgan fingerprint density at radius 3 is 2.61 bits per heavy atom. The van der Waals surface area contributed by atoms with Crippen molar-refractivity contribution < 1.29 is 4.74 Å². The van der Waals surface area contributed by atoms with E-state index < -0.39 is 5.54 Å². The monoisotopic (exact) mass is 247 g/mol. The van der Waals surface area contributed by atoms with Crippen LogP contribution in [0.1, 0.15) is 12.5 Å². The van der Waals surface area contributed by atoms with Crippen molar-refractivity contribution >= 4 is 0 Å². The summed E-state index contributed by atoms with van der Waals surface area (Å²) >= 11 is 0. The number of hydrogen-bond donors (Lipinski definition) is 1. The molecule has 1 unspecified atom stereocenters. The van der Waals surface area contributed by atoms with Gasteiger partial charge in [-0.25, -0.2) is 0 Å². The highest BCUT2D eigenvalue weighted by Crippen LogP contribution is 2.18. The summed E-state index contributed by atoms with van der Waals surface area (Å²) in [5, 5.41) is 9.33. The fourth-order valence-electron chi connectivity index (χ4n) is 1.80. The van der Waals surface area contributed by atoms with Crippen LogP contribution in [0.5, 0.6) is 0 Å². The van der Waals surface area contributed by atoms with Crippen molar-refractivity contribution in [3.05, 3.63) is 35.9 Å². The molecule has 0 saturated carbocycles. The molecule has 1 atom stereocenters. The van der Waals surface area contributed by atoms with Crippen LogP contribution in [0.3, 0.4) is 0 Å². The number of ether oxygens (including phenoxy) is 1. The summed E-state index contributed by atoms with van der Waals surface area (Å²) in [6.45, 7) is 4.58. The molecule has 4 heteroatoms. The summed E-state index contributed by atoms with van der Waals surface area (Å²) in [6.07, 6.45) is 0. The van der Waals surface area contributed by atoms with Crippen molar-refractivity contribution in [2.75, 3.05) is 33.4 Å². The normalized spacial score (nSPS) is 14.2. The topological polar surface area (TPSA) is 62.3 Å². The maximum atomic E-state index is 9.33. The molecule has 0 bridgehead atoms. The predicted octanol–water partition coefficient (Wildman–Crippen LogP) is 1.33. The third kappa shape index (κ3) is 4.11. The highest BCUT2D eigenvalue weighted by Gasteiger charge is 2.28. The number of likely N-dealkylation sites (N-methyl/N-ethyl adjacent to an activating group) is 1. The van der Waals surface area contributed by atoms with E-state index in [1.165, 1.54) is 0 Å². The smallest absolute Gasteiger partial charge is 0.142 e. The summed E-state index contributed by atoms with van der Waals surface area (Å²) in [4.78, 5) is 2.02. The Hall–Kier alpha value is -1.41. The van der Waals surface area contributed by atoms with Crippen LogP contribution in [0.4, 0.5) is 0 Å². The van der Waals surface area contributed by atoms with E-state index in [4.69, 9.17) is 10.5 Å². The zero-order valence-corrected chi connectivity index (χ0v) is 11.1. The number of nitrogens with two attached hydrogens (primary N) is 1. The molecule has 1 aromatic carbocycles. The van der Waals surface area contributed by atoms with Crippen molar-refractivity contribution in [1.82, 2.24) is 4.90 Å². The number of benzene rings is 1. The van der Waals surface area contributed by atoms with Gasteiger partial charge in [-0.1, -0.05) is 30.3 Å². The molecule has 0 aromatic heterocycles. The van der Waals surface area contributed by atoms with E-state index in [2.05, 4.69) is 6.07 Å². The molecular formula is C14H21N3O. The van der Waals surface area contributed by atoms with Gasteiger partial charge in [-0.15, -0.1) is 0 Å². The van der Waals surface area contributed by atoms with Crippen molar-refractivity contribution in [3.63, 3.8) is 0 Å². The molecule has 18 heavy (non-hydrogen) atoms. The van der Waals surface area contributed by atoms with Crippen LogP contribution in [0.2, 0.25) is 0 Å². The first kappa shape index (κ1) is 14.7. The summed E-state index contributed by atoms with van der Waals surface area (Å²) in [5.41, 5.74) is 6.05. The lowest BCUT2D eigenvalue weighted by Gasteiger charge is -2.28. The number of nitrogens with zero attached hydrogens (tertiary/aromatic N) is 2. The van der Waals surface area contributed by atoms with Crippen LogP contribution in [0, 0.1) is 11.3 Å². The SMILES string of the molecule is CCOCCN(C)CC(N)(C#N)c1ccccc1. The Morgan fingerprint density at radius 2 is 2.06 bits per heavy atom. The number of rotatable bonds is 7. The number of hydrogen-bond acceptors (Lipinski definition) is 4. The van der Waals surface area contributed by atoms with Gasteiger partial charge < -0.3 is 15.4 Å². The largest absolute Gasteiger partial charge is 0.380 e. The molecular weight excluding hydrogens is 226 g/mol. The van der Waals surface area contributed by atoms with Gasteiger partial charge in [0, 0.05) is 19.7 Å². The molecule has 4 nitrogen and oxygen atoms in total. The van der Waals surface area contributed by atoms with Crippen molar-refractivity contribution in [1.29, 1.82) is 5.26 Å². The maximum Gasteiger partial charge on any atom is 0.142 e. The lowest BCUT2D eigenvalue weighted by atomic mass is 9.92. The fourth-order valence-corrected chi connectivity index (χ4v) is 1.80. The zero-order chi connectivity index (χ0) is 13.4. The van der Waals surface area contributed by atoms with E-state index in [9.17, 15) is 5.26 Å². The molecule has 0 radical (unpaired) electrons. The van der Waals surface area contributed by atoms with Crippen LogP contribution in [0.25, 0.3) is 0 Å². The second kappa shape index (κ2) is 7.12. The first-order chi connectivity index (χ1) is 8.62. The minimum Gasteiger partial charge on any atom is -0.380 e. The van der Waals surface area contributed by atoms with E-state index in [0.717, 1.165) is 12.1 Å². The maximum absolute atomic E-state index is 9.33. The highest BCUT2D eigenvalue weighted by molar-refractivity contribution is 5.31. The molecule has 0 aliphatic carbocycles. The van der Waals surface area contributed by atoms with E-state index in [1.54, 1.807) is 0 Å². The van der Waals surface area contributed by atoms with Crippen LogP contribution >= 0.6 is 0 Å². The average molecular weight is 247 g/mol. The second-order valence-electron chi connectivity index (χ2n) is 4.38. The Kier molecular flexibility index (Phi) is 5.79. The molecule has 1 rings (SSSR count). The third-order valence-corrected chi connectivity index (χ3v) is 2.83. The predicted molar refractivity (Wildman–Crippen MR) is 71.9 cm³/mol. The minimum atomic E-state index is -0.970. The molecule has 2 N–H and O–H groups in total. The Balaban J connectivity index is 2.64. The van der Waals surface area contributed by atoms with Gasteiger partial charge in [-0.3, -0.25) is 0 Å². The highest BCUT2D eigenvalue weighted by atomic mass is 16.5. The molecule has 0 aliphatic heterocycles. The van der Waals surface area contributed by atoms with Crippen molar-refractivity contribution in [2.24, 2.45) is 5.73 Å². The Morgan fingerprint density at radius 1 is 1.39 bits per heavy atom. The number of nitriles is 1. The molecule has 0 amide bonds. The van der Waals surface area contributed by atoms with Gasteiger partial charge >= 0.3 is 0 Å². The molecule has 0 heterocycles. The fraction of sp³-hybridized carbons (Fsp3) is 0.500. The first-order valence-electron chi connectivity index (χ1n) is 6.14. The van der Waals surface area contributed by atoms with Gasteiger partial charge in [-0.05, 0) is 19.5 Å². The summed E-state index contributed by atoms with van der Waals surface area (Å²) < 4.78 is 5.29. The molecule has 98 valence electrons. The lowest BCUT2D eigenvalue weighted by molar-refractivity contribution is 0.117. The van der Waals surface area contributed by atoms with Crippen molar-refractivity contribution in [2.45, 2.75) is 12.5 Å². The van der Waals surface area contributed by atoms with E-state index in [1.807, 2.05) is 49.2 Å². The lowest BCUT2D eigenvalue weighted by Crippen LogP contribution is -2.46. The van der Waals surface area contributed by atoms with Gasteiger partial charge in [0.2, 0.25) is 0 Å². The van der Waals surface area contributed by atoms with Crippen LogP contribution in [0.15, 0.2) is 30.3 Å². The average Bonchev–Trinajstić information content (AvgIpc) is 2.40. The van der Waals surface area contributed by atoms with Crippen LogP contribution < -0.4 is 5.73 Å². The van der Waals surface area contributed by atoms with Gasteiger partial charge in [0.1, 0.15) is 5.54 Å². The van der Waals surface area contributed by atoms with Gasteiger partial charge in [0.05, 0.1) is 12.7 Å². The van der Waals surface area contributed by atoms with E-state index >= 15 is 0 Å². The van der Waals surface area contributed by atoms with Gasteiger partial charge in [0.15, 0.2) is 0 Å². The van der Waals surface area contributed by atoms with Crippen LogP contribution in [-0.2, 0) is 10.3 Å². The second-order valence-corrected chi connectivity index (χ2v) is 4.38. The van der Waals surface area contributed by atoms with Gasteiger partial charge in [0.25, 0.3) is 0 Å². The standard InChI is InChI=1S/C14H21N3O/c1-3-18-10-9-17(2)12-14(16,11-15)13-7-5-4-6-8-13/h4-8H,3,9-10,12,16H2,1-2H3.